The van der Waals surface area contributed by atoms with Crippen molar-refractivity contribution in [3.63, 3.8) is 0 Å². The van der Waals surface area contributed by atoms with Crippen LogP contribution in [0.15, 0.2) is 30.3 Å². The van der Waals surface area contributed by atoms with Gasteiger partial charge in [0.2, 0.25) is 5.91 Å². The van der Waals surface area contributed by atoms with Crippen molar-refractivity contribution < 1.29 is 14.7 Å². The third-order valence-corrected chi connectivity index (χ3v) is 4.70. The molecule has 1 aliphatic rings. The van der Waals surface area contributed by atoms with Crippen molar-refractivity contribution >= 4 is 11.9 Å². The molecule has 0 spiro atoms. The van der Waals surface area contributed by atoms with Crippen LogP contribution in [0.3, 0.4) is 0 Å². The molecule has 0 heterocycles. The van der Waals surface area contributed by atoms with Gasteiger partial charge < -0.3 is 10.4 Å². The maximum Gasteiger partial charge on any atom is 0.306 e. The van der Waals surface area contributed by atoms with E-state index in [-0.39, 0.29) is 23.8 Å². The first-order valence-corrected chi connectivity index (χ1v) is 8.67. The lowest BCUT2D eigenvalue weighted by Gasteiger charge is -2.28. The number of carboxylic acid groups (broad SMARTS) is 1. The number of carboxylic acids is 1. The Morgan fingerprint density at radius 3 is 2.57 bits per heavy atom. The fraction of sp³-hybridized carbons (Fsp3) is 0.579. The van der Waals surface area contributed by atoms with E-state index in [9.17, 15) is 9.59 Å². The minimum atomic E-state index is -0.767. The van der Waals surface area contributed by atoms with Crippen LogP contribution in [-0.2, 0) is 16.0 Å². The lowest BCUT2D eigenvalue weighted by atomic mass is 9.81. The van der Waals surface area contributed by atoms with Crippen molar-refractivity contribution in [2.75, 3.05) is 0 Å². The molecule has 0 aliphatic heterocycles. The third-order valence-electron chi connectivity index (χ3n) is 4.70. The van der Waals surface area contributed by atoms with Crippen LogP contribution in [0.25, 0.3) is 0 Å². The van der Waals surface area contributed by atoms with Crippen molar-refractivity contribution in [1.82, 2.24) is 5.32 Å². The van der Waals surface area contributed by atoms with E-state index in [4.69, 9.17) is 5.11 Å². The van der Waals surface area contributed by atoms with Gasteiger partial charge in [0.25, 0.3) is 0 Å². The van der Waals surface area contributed by atoms with Crippen molar-refractivity contribution in [3.8, 4) is 0 Å². The Hall–Kier alpha value is -1.84. The molecule has 2 N–H and O–H groups in total. The topological polar surface area (TPSA) is 66.4 Å². The number of benzene rings is 1. The van der Waals surface area contributed by atoms with Gasteiger partial charge in [0.05, 0.1) is 5.92 Å². The van der Waals surface area contributed by atoms with Crippen molar-refractivity contribution in [2.24, 2.45) is 11.8 Å². The Morgan fingerprint density at radius 1 is 1.22 bits per heavy atom. The molecule has 3 unspecified atom stereocenters. The maximum absolute atomic E-state index is 12.5. The van der Waals surface area contributed by atoms with Gasteiger partial charge in [-0.05, 0) is 37.7 Å². The van der Waals surface area contributed by atoms with Gasteiger partial charge in [-0.3, -0.25) is 9.59 Å². The number of amides is 1. The molecule has 1 fully saturated rings. The molecule has 3 atom stereocenters. The van der Waals surface area contributed by atoms with Crippen molar-refractivity contribution in [2.45, 2.75) is 57.9 Å². The lowest BCUT2D eigenvalue weighted by Crippen LogP contribution is -2.42. The minimum absolute atomic E-state index is 0.0327. The van der Waals surface area contributed by atoms with Crippen molar-refractivity contribution in [3.05, 3.63) is 35.9 Å². The molecule has 23 heavy (non-hydrogen) atoms. The van der Waals surface area contributed by atoms with Gasteiger partial charge in [-0.1, -0.05) is 50.1 Å². The monoisotopic (exact) mass is 317 g/mol. The maximum atomic E-state index is 12.5. The Balaban J connectivity index is 1.93. The highest BCUT2D eigenvalue weighted by molar-refractivity contribution is 5.80. The molecule has 4 nitrogen and oxygen atoms in total. The number of rotatable bonds is 7. The van der Waals surface area contributed by atoms with Crippen LogP contribution in [0.5, 0.6) is 0 Å². The largest absolute Gasteiger partial charge is 0.481 e. The second kappa shape index (κ2) is 8.70. The molecule has 126 valence electrons. The van der Waals surface area contributed by atoms with Gasteiger partial charge in [-0.2, -0.15) is 0 Å². The van der Waals surface area contributed by atoms with E-state index in [2.05, 4.69) is 24.4 Å². The molecule has 0 aromatic heterocycles. The van der Waals surface area contributed by atoms with E-state index < -0.39 is 5.97 Å². The number of carbonyl (C=O) groups is 2. The highest BCUT2D eigenvalue weighted by atomic mass is 16.4. The molecular formula is C19H27NO3. The second-order valence-electron chi connectivity index (χ2n) is 6.58. The summed E-state index contributed by atoms with van der Waals surface area (Å²) in [4.78, 5) is 23.7. The lowest BCUT2D eigenvalue weighted by molar-refractivity contribution is -0.144. The predicted octanol–water partition coefficient (Wildman–Crippen LogP) is 3.41. The van der Waals surface area contributed by atoms with Gasteiger partial charge in [0.1, 0.15) is 0 Å². The Labute approximate surface area is 138 Å². The molecule has 1 aliphatic carbocycles. The Bertz CT molecular complexity index is 515. The standard InChI is InChI=1S/C19H27NO3/c1-2-7-17(12-14-8-4-3-5-9-14)20-18(21)15-10-6-11-16(13-15)19(22)23/h3-5,8-9,15-17H,2,6-7,10-13H2,1H3,(H,20,21)(H,22,23). The van der Waals surface area contributed by atoms with E-state index in [1.807, 2.05) is 18.2 Å². The number of hydrogen-bond donors (Lipinski definition) is 2. The summed E-state index contributed by atoms with van der Waals surface area (Å²) in [7, 11) is 0. The van der Waals surface area contributed by atoms with Crippen LogP contribution in [0.1, 0.15) is 51.0 Å². The highest BCUT2D eigenvalue weighted by Crippen LogP contribution is 2.29. The van der Waals surface area contributed by atoms with Crippen LogP contribution < -0.4 is 5.32 Å². The summed E-state index contributed by atoms with van der Waals surface area (Å²) >= 11 is 0. The van der Waals surface area contributed by atoms with E-state index >= 15 is 0 Å². The van der Waals surface area contributed by atoms with E-state index in [1.165, 1.54) is 5.56 Å². The summed E-state index contributed by atoms with van der Waals surface area (Å²) in [5, 5.41) is 12.3. The quantitative estimate of drug-likeness (QED) is 0.810. The van der Waals surface area contributed by atoms with E-state index in [1.54, 1.807) is 0 Å². The first-order valence-electron chi connectivity index (χ1n) is 8.67. The van der Waals surface area contributed by atoms with Crippen LogP contribution in [-0.4, -0.2) is 23.0 Å². The zero-order chi connectivity index (χ0) is 16.7. The zero-order valence-electron chi connectivity index (χ0n) is 13.8. The fourth-order valence-corrected chi connectivity index (χ4v) is 3.44. The van der Waals surface area contributed by atoms with E-state index in [0.29, 0.717) is 12.8 Å². The van der Waals surface area contributed by atoms with Crippen LogP contribution in [0.2, 0.25) is 0 Å². The number of hydrogen-bond acceptors (Lipinski definition) is 2. The van der Waals surface area contributed by atoms with Crippen LogP contribution >= 0.6 is 0 Å². The normalized spacial score (nSPS) is 22.3. The highest BCUT2D eigenvalue weighted by Gasteiger charge is 2.31. The number of carbonyl (C=O) groups excluding carboxylic acids is 1. The number of nitrogens with one attached hydrogen (secondary N) is 1. The van der Waals surface area contributed by atoms with E-state index in [0.717, 1.165) is 32.1 Å². The summed E-state index contributed by atoms with van der Waals surface area (Å²) < 4.78 is 0. The van der Waals surface area contributed by atoms with Gasteiger partial charge in [0.15, 0.2) is 0 Å². The smallest absolute Gasteiger partial charge is 0.306 e. The fourth-order valence-electron chi connectivity index (χ4n) is 3.44. The van der Waals surface area contributed by atoms with Gasteiger partial charge in [-0.25, -0.2) is 0 Å². The summed E-state index contributed by atoms with van der Waals surface area (Å²) in [5.74, 6) is -1.25. The van der Waals surface area contributed by atoms with Crippen molar-refractivity contribution in [1.29, 1.82) is 0 Å². The summed E-state index contributed by atoms with van der Waals surface area (Å²) in [6.07, 6.45) is 5.59. The van der Waals surface area contributed by atoms with Crippen LogP contribution in [0.4, 0.5) is 0 Å². The zero-order valence-corrected chi connectivity index (χ0v) is 13.8. The molecule has 1 aromatic rings. The van der Waals surface area contributed by atoms with Gasteiger partial charge in [-0.15, -0.1) is 0 Å². The Morgan fingerprint density at radius 2 is 1.91 bits per heavy atom. The molecule has 0 radical (unpaired) electrons. The SMILES string of the molecule is CCCC(Cc1ccccc1)NC(=O)C1CCCC(C(=O)O)C1. The number of aliphatic carboxylic acids is 1. The first kappa shape index (κ1) is 17.5. The van der Waals surface area contributed by atoms with Crippen LogP contribution in [0, 0.1) is 11.8 Å². The summed E-state index contributed by atoms with van der Waals surface area (Å²) in [6, 6.07) is 10.3. The second-order valence-corrected chi connectivity index (χ2v) is 6.58. The van der Waals surface area contributed by atoms with Gasteiger partial charge in [0, 0.05) is 12.0 Å². The molecule has 0 saturated heterocycles. The average molecular weight is 317 g/mol. The molecule has 1 saturated carbocycles. The minimum Gasteiger partial charge on any atom is -0.481 e. The molecule has 4 heteroatoms. The average Bonchev–Trinajstić information content (AvgIpc) is 2.56. The molecule has 0 bridgehead atoms. The molecule has 1 amide bonds. The summed E-state index contributed by atoms with van der Waals surface area (Å²) in [5.41, 5.74) is 1.22. The third kappa shape index (κ3) is 5.38. The molecule has 2 rings (SSSR count). The molecule has 1 aromatic carbocycles. The van der Waals surface area contributed by atoms with Gasteiger partial charge >= 0.3 is 5.97 Å². The molecular weight excluding hydrogens is 290 g/mol. The first-order chi connectivity index (χ1) is 11.1. The predicted molar refractivity (Wildman–Crippen MR) is 90.1 cm³/mol. The summed E-state index contributed by atoms with van der Waals surface area (Å²) in [6.45, 7) is 2.12. The Kier molecular flexibility index (Phi) is 6.63.